The standard InChI is InChI=1S/C15H26N2O3/c1-15(2,3)20-14(18)17-10-9-12(16-19-4)11-7-5-6-8-13(11)17/h11,13H,5-10H2,1-4H3. The summed E-state index contributed by atoms with van der Waals surface area (Å²) in [5.41, 5.74) is 0.666. The zero-order chi connectivity index (χ0) is 14.8. The van der Waals surface area contributed by atoms with Gasteiger partial charge in [0, 0.05) is 24.9 Å². The van der Waals surface area contributed by atoms with Crippen molar-refractivity contribution in [3.8, 4) is 0 Å². The Kier molecular flexibility index (Phi) is 4.55. The second-order valence-electron chi connectivity index (χ2n) is 6.65. The highest BCUT2D eigenvalue weighted by molar-refractivity contribution is 5.89. The van der Waals surface area contributed by atoms with Crippen molar-refractivity contribution in [1.29, 1.82) is 0 Å². The quantitative estimate of drug-likeness (QED) is 0.694. The van der Waals surface area contributed by atoms with E-state index in [9.17, 15) is 4.79 Å². The summed E-state index contributed by atoms with van der Waals surface area (Å²) in [6.07, 6.45) is 5.09. The summed E-state index contributed by atoms with van der Waals surface area (Å²) in [6.45, 7) is 6.40. The van der Waals surface area contributed by atoms with E-state index in [1.54, 1.807) is 7.11 Å². The monoisotopic (exact) mass is 282 g/mol. The fraction of sp³-hybridized carbons (Fsp3) is 0.867. The number of nitrogens with zero attached hydrogens (tertiary/aromatic N) is 2. The number of ether oxygens (including phenoxy) is 1. The predicted molar refractivity (Wildman–Crippen MR) is 77.7 cm³/mol. The van der Waals surface area contributed by atoms with E-state index in [-0.39, 0.29) is 12.1 Å². The lowest BCUT2D eigenvalue weighted by Gasteiger charge is -2.44. The van der Waals surface area contributed by atoms with Crippen LogP contribution in [0.1, 0.15) is 52.9 Å². The molecule has 114 valence electrons. The number of carbonyl (C=O) groups excluding carboxylic acids is 1. The summed E-state index contributed by atoms with van der Waals surface area (Å²) in [5, 5.41) is 4.17. The van der Waals surface area contributed by atoms with Crippen LogP contribution in [0.5, 0.6) is 0 Å². The molecular formula is C15H26N2O3. The highest BCUT2D eigenvalue weighted by atomic mass is 16.6. The Morgan fingerprint density at radius 1 is 1.30 bits per heavy atom. The topological polar surface area (TPSA) is 51.1 Å². The van der Waals surface area contributed by atoms with Gasteiger partial charge >= 0.3 is 6.09 Å². The first-order valence-electron chi connectivity index (χ1n) is 7.52. The number of hydrogen-bond donors (Lipinski definition) is 0. The van der Waals surface area contributed by atoms with Gasteiger partial charge in [-0.25, -0.2) is 4.79 Å². The molecule has 1 amide bonds. The number of carbonyl (C=O) groups is 1. The van der Waals surface area contributed by atoms with Crippen LogP contribution in [0.2, 0.25) is 0 Å². The lowest BCUT2D eigenvalue weighted by atomic mass is 9.77. The zero-order valence-corrected chi connectivity index (χ0v) is 13.0. The molecular weight excluding hydrogens is 256 g/mol. The number of piperidine rings is 1. The van der Waals surface area contributed by atoms with Crippen LogP contribution in [0.4, 0.5) is 4.79 Å². The first-order valence-corrected chi connectivity index (χ1v) is 7.52. The Morgan fingerprint density at radius 3 is 2.65 bits per heavy atom. The first kappa shape index (κ1) is 15.1. The third kappa shape index (κ3) is 3.44. The number of hydrogen-bond acceptors (Lipinski definition) is 4. The molecule has 2 unspecified atom stereocenters. The summed E-state index contributed by atoms with van der Waals surface area (Å²) < 4.78 is 5.54. The molecule has 0 aromatic heterocycles. The summed E-state index contributed by atoms with van der Waals surface area (Å²) in [5.74, 6) is 0.338. The van der Waals surface area contributed by atoms with E-state index in [2.05, 4.69) is 5.16 Å². The fourth-order valence-corrected chi connectivity index (χ4v) is 3.24. The van der Waals surface area contributed by atoms with Crippen LogP contribution in [-0.2, 0) is 9.57 Å². The molecule has 0 spiro atoms. The van der Waals surface area contributed by atoms with Crippen molar-refractivity contribution in [3.05, 3.63) is 0 Å². The SMILES string of the molecule is CON=C1CCN(C(=O)OC(C)(C)C)C2CCCCC12. The molecule has 2 atom stereocenters. The second kappa shape index (κ2) is 6.02. The lowest BCUT2D eigenvalue weighted by molar-refractivity contribution is 0.00540. The van der Waals surface area contributed by atoms with Crippen LogP contribution in [0, 0.1) is 5.92 Å². The van der Waals surface area contributed by atoms with Gasteiger partial charge in [0.15, 0.2) is 0 Å². The molecule has 0 aromatic carbocycles. The van der Waals surface area contributed by atoms with E-state index in [1.807, 2.05) is 25.7 Å². The van der Waals surface area contributed by atoms with Crippen LogP contribution in [0.15, 0.2) is 5.16 Å². The number of likely N-dealkylation sites (tertiary alicyclic amines) is 1. The first-order chi connectivity index (χ1) is 9.42. The van der Waals surface area contributed by atoms with Crippen molar-refractivity contribution in [2.75, 3.05) is 13.7 Å². The van der Waals surface area contributed by atoms with Crippen molar-refractivity contribution in [2.24, 2.45) is 11.1 Å². The molecule has 1 aliphatic carbocycles. The van der Waals surface area contributed by atoms with Crippen molar-refractivity contribution in [2.45, 2.75) is 64.5 Å². The minimum atomic E-state index is -0.442. The molecule has 2 rings (SSSR count). The van der Waals surface area contributed by atoms with Crippen LogP contribution >= 0.6 is 0 Å². The largest absolute Gasteiger partial charge is 0.444 e. The maximum atomic E-state index is 12.4. The molecule has 0 aromatic rings. The molecule has 1 heterocycles. The predicted octanol–water partition coefficient (Wildman–Crippen LogP) is 3.19. The average Bonchev–Trinajstić information content (AvgIpc) is 2.37. The van der Waals surface area contributed by atoms with Crippen molar-refractivity contribution >= 4 is 11.8 Å². The van der Waals surface area contributed by atoms with Gasteiger partial charge in [-0.2, -0.15) is 0 Å². The molecule has 1 saturated carbocycles. The maximum Gasteiger partial charge on any atom is 0.410 e. The molecule has 2 fully saturated rings. The lowest BCUT2D eigenvalue weighted by Crippen LogP contribution is -2.54. The van der Waals surface area contributed by atoms with Crippen LogP contribution < -0.4 is 0 Å². The summed E-state index contributed by atoms with van der Waals surface area (Å²) in [6, 6.07) is 0.223. The number of oxime groups is 1. The van der Waals surface area contributed by atoms with Gasteiger partial charge in [-0.1, -0.05) is 18.0 Å². The van der Waals surface area contributed by atoms with E-state index in [4.69, 9.17) is 9.57 Å². The maximum absolute atomic E-state index is 12.4. The van der Waals surface area contributed by atoms with Gasteiger partial charge in [-0.15, -0.1) is 0 Å². The molecule has 20 heavy (non-hydrogen) atoms. The van der Waals surface area contributed by atoms with Crippen LogP contribution in [-0.4, -0.2) is 42.0 Å². The third-order valence-electron chi connectivity index (χ3n) is 4.00. The summed E-state index contributed by atoms with van der Waals surface area (Å²) in [4.78, 5) is 19.2. The molecule has 0 N–H and O–H groups in total. The fourth-order valence-electron chi connectivity index (χ4n) is 3.24. The van der Waals surface area contributed by atoms with Gasteiger partial charge in [0.05, 0.1) is 5.71 Å². The normalized spacial score (nSPS) is 29.0. The minimum Gasteiger partial charge on any atom is -0.444 e. The number of rotatable bonds is 1. The van der Waals surface area contributed by atoms with E-state index < -0.39 is 5.60 Å². The highest BCUT2D eigenvalue weighted by Crippen LogP contribution is 2.34. The van der Waals surface area contributed by atoms with Gasteiger partial charge in [0.1, 0.15) is 12.7 Å². The van der Waals surface area contributed by atoms with Gasteiger partial charge in [0.2, 0.25) is 0 Å². The molecule has 1 saturated heterocycles. The van der Waals surface area contributed by atoms with E-state index in [0.29, 0.717) is 12.5 Å². The van der Waals surface area contributed by atoms with Gasteiger partial charge in [0.25, 0.3) is 0 Å². The molecule has 5 nitrogen and oxygen atoms in total. The Hall–Kier alpha value is -1.26. The zero-order valence-electron chi connectivity index (χ0n) is 13.0. The van der Waals surface area contributed by atoms with Crippen molar-refractivity contribution < 1.29 is 14.4 Å². The molecule has 0 bridgehead atoms. The Bertz CT molecular complexity index is 387. The van der Waals surface area contributed by atoms with Gasteiger partial charge in [-0.3, -0.25) is 0 Å². The number of fused-ring (bicyclic) bond motifs is 1. The van der Waals surface area contributed by atoms with Crippen molar-refractivity contribution in [1.82, 2.24) is 4.90 Å². The smallest absolute Gasteiger partial charge is 0.410 e. The van der Waals surface area contributed by atoms with E-state index in [0.717, 1.165) is 25.0 Å². The van der Waals surface area contributed by atoms with Crippen LogP contribution in [0.3, 0.4) is 0 Å². The number of amides is 1. The van der Waals surface area contributed by atoms with Gasteiger partial charge < -0.3 is 14.5 Å². The van der Waals surface area contributed by atoms with Crippen LogP contribution in [0.25, 0.3) is 0 Å². The Balaban J connectivity index is 2.12. The summed E-state index contributed by atoms with van der Waals surface area (Å²) in [7, 11) is 1.59. The summed E-state index contributed by atoms with van der Waals surface area (Å²) >= 11 is 0. The minimum absolute atomic E-state index is 0.189. The van der Waals surface area contributed by atoms with E-state index in [1.165, 1.54) is 12.8 Å². The second-order valence-corrected chi connectivity index (χ2v) is 6.65. The molecule has 2 aliphatic rings. The molecule has 0 radical (unpaired) electrons. The van der Waals surface area contributed by atoms with Gasteiger partial charge in [-0.05, 0) is 33.6 Å². The Labute approximate surface area is 121 Å². The average molecular weight is 282 g/mol. The van der Waals surface area contributed by atoms with E-state index >= 15 is 0 Å². The third-order valence-corrected chi connectivity index (χ3v) is 4.00. The molecule has 1 aliphatic heterocycles. The Morgan fingerprint density at radius 2 is 2.00 bits per heavy atom. The van der Waals surface area contributed by atoms with Crippen molar-refractivity contribution in [3.63, 3.8) is 0 Å². The highest BCUT2D eigenvalue weighted by Gasteiger charge is 2.41. The molecule has 5 heteroatoms.